The first-order chi connectivity index (χ1) is 15.2. The van der Waals surface area contributed by atoms with Crippen LogP contribution in [0.3, 0.4) is 0 Å². The minimum Gasteiger partial charge on any atom is -0.409 e. The van der Waals surface area contributed by atoms with Gasteiger partial charge < -0.3 is 13.6 Å². The standard InChI is InChI=1S/C27H27O3P/c1-4-7-22-10-16-25(17-11-22)28-31(29-26-18-12-23(8-5-2)13-19-26)30-27-20-14-24(9-6-3)15-21-27/h4-6,10-21H,1-3,7-9H2. The van der Waals surface area contributed by atoms with Gasteiger partial charge in [-0.1, -0.05) is 54.6 Å². The molecule has 0 aromatic heterocycles. The Hall–Kier alpha value is -3.29. The lowest BCUT2D eigenvalue weighted by Gasteiger charge is -2.18. The van der Waals surface area contributed by atoms with Crippen molar-refractivity contribution in [3.63, 3.8) is 0 Å². The van der Waals surface area contributed by atoms with E-state index in [0.29, 0.717) is 17.2 Å². The van der Waals surface area contributed by atoms with Crippen LogP contribution < -0.4 is 13.6 Å². The van der Waals surface area contributed by atoms with E-state index in [1.165, 1.54) is 16.7 Å². The lowest BCUT2D eigenvalue weighted by molar-refractivity contribution is 0.388. The second-order valence-electron chi connectivity index (χ2n) is 6.91. The Labute approximate surface area is 186 Å². The van der Waals surface area contributed by atoms with E-state index in [9.17, 15) is 0 Å². The van der Waals surface area contributed by atoms with Crippen LogP contribution in [0.4, 0.5) is 0 Å². The van der Waals surface area contributed by atoms with Crippen molar-refractivity contribution < 1.29 is 13.6 Å². The predicted molar refractivity (Wildman–Crippen MR) is 130 cm³/mol. The molecule has 0 amide bonds. The molecule has 0 bridgehead atoms. The van der Waals surface area contributed by atoms with E-state index < -0.39 is 8.60 Å². The molecule has 0 spiro atoms. The largest absolute Gasteiger partial charge is 0.530 e. The Morgan fingerprint density at radius 3 is 0.968 bits per heavy atom. The summed E-state index contributed by atoms with van der Waals surface area (Å²) in [6.07, 6.45) is 8.07. The fourth-order valence-corrected chi connectivity index (χ4v) is 3.87. The van der Waals surface area contributed by atoms with E-state index in [0.717, 1.165) is 19.3 Å². The summed E-state index contributed by atoms with van der Waals surface area (Å²) in [5, 5.41) is 0. The molecular formula is C27H27O3P. The van der Waals surface area contributed by atoms with E-state index in [2.05, 4.69) is 19.7 Å². The SMILES string of the molecule is C=CCc1ccc(OP(Oc2ccc(CC=C)cc2)Oc2ccc(CC=C)cc2)cc1. The zero-order valence-electron chi connectivity index (χ0n) is 17.6. The lowest BCUT2D eigenvalue weighted by Crippen LogP contribution is -2.02. The fraction of sp³-hybridized carbons (Fsp3) is 0.111. The van der Waals surface area contributed by atoms with Crippen LogP contribution in [0.25, 0.3) is 0 Å². The molecule has 3 aromatic rings. The third-order valence-electron chi connectivity index (χ3n) is 4.45. The van der Waals surface area contributed by atoms with E-state index in [-0.39, 0.29) is 0 Å². The molecule has 4 heteroatoms. The highest BCUT2D eigenvalue weighted by molar-refractivity contribution is 7.43. The summed E-state index contributed by atoms with van der Waals surface area (Å²) < 4.78 is 18.2. The summed E-state index contributed by atoms with van der Waals surface area (Å²) in [7, 11) is -1.70. The van der Waals surface area contributed by atoms with Gasteiger partial charge in [0.2, 0.25) is 0 Å². The third kappa shape index (κ3) is 7.16. The van der Waals surface area contributed by atoms with Crippen LogP contribution in [0.1, 0.15) is 16.7 Å². The van der Waals surface area contributed by atoms with Gasteiger partial charge in [-0.05, 0) is 72.4 Å². The molecule has 0 radical (unpaired) electrons. The molecule has 0 N–H and O–H groups in total. The van der Waals surface area contributed by atoms with Crippen molar-refractivity contribution in [2.75, 3.05) is 0 Å². The van der Waals surface area contributed by atoms with E-state index >= 15 is 0 Å². The molecule has 0 aliphatic rings. The first-order valence-electron chi connectivity index (χ1n) is 10.1. The molecular weight excluding hydrogens is 403 g/mol. The van der Waals surface area contributed by atoms with Crippen LogP contribution in [0.2, 0.25) is 0 Å². The van der Waals surface area contributed by atoms with Gasteiger partial charge in [0.25, 0.3) is 0 Å². The Morgan fingerprint density at radius 2 is 0.742 bits per heavy atom. The summed E-state index contributed by atoms with van der Waals surface area (Å²) in [6.45, 7) is 11.3. The fourth-order valence-electron chi connectivity index (χ4n) is 2.87. The number of benzene rings is 3. The number of allylic oxidation sites excluding steroid dienone is 3. The molecule has 0 saturated heterocycles. The molecule has 0 unspecified atom stereocenters. The number of hydrogen-bond donors (Lipinski definition) is 0. The van der Waals surface area contributed by atoms with Gasteiger partial charge in [-0.3, -0.25) is 0 Å². The van der Waals surface area contributed by atoms with Gasteiger partial charge in [0, 0.05) is 0 Å². The summed E-state index contributed by atoms with van der Waals surface area (Å²) in [5.41, 5.74) is 3.51. The maximum atomic E-state index is 6.07. The van der Waals surface area contributed by atoms with Crippen molar-refractivity contribution in [3.05, 3.63) is 127 Å². The molecule has 158 valence electrons. The van der Waals surface area contributed by atoms with Crippen molar-refractivity contribution >= 4 is 8.60 Å². The van der Waals surface area contributed by atoms with E-state index in [4.69, 9.17) is 13.6 Å². The first-order valence-corrected chi connectivity index (χ1v) is 11.2. The van der Waals surface area contributed by atoms with Gasteiger partial charge in [-0.15, -0.1) is 19.7 Å². The summed E-state index contributed by atoms with van der Waals surface area (Å²) >= 11 is 0. The van der Waals surface area contributed by atoms with Crippen molar-refractivity contribution in [2.24, 2.45) is 0 Å². The molecule has 3 rings (SSSR count). The van der Waals surface area contributed by atoms with Crippen molar-refractivity contribution in [3.8, 4) is 17.2 Å². The van der Waals surface area contributed by atoms with Crippen LogP contribution in [0.5, 0.6) is 17.2 Å². The molecule has 3 aromatic carbocycles. The van der Waals surface area contributed by atoms with Crippen LogP contribution >= 0.6 is 8.60 Å². The lowest BCUT2D eigenvalue weighted by atomic mass is 10.1. The van der Waals surface area contributed by atoms with Gasteiger partial charge in [0.1, 0.15) is 17.2 Å². The van der Waals surface area contributed by atoms with E-state index in [1.54, 1.807) is 0 Å². The van der Waals surface area contributed by atoms with Gasteiger partial charge in [-0.25, -0.2) is 0 Å². The highest BCUT2D eigenvalue weighted by Gasteiger charge is 2.20. The zero-order valence-corrected chi connectivity index (χ0v) is 18.5. The van der Waals surface area contributed by atoms with Crippen LogP contribution in [-0.2, 0) is 19.3 Å². The van der Waals surface area contributed by atoms with Gasteiger partial charge in [0.05, 0.1) is 0 Å². The van der Waals surface area contributed by atoms with Crippen LogP contribution in [-0.4, -0.2) is 0 Å². The monoisotopic (exact) mass is 430 g/mol. The summed E-state index contributed by atoms with van der Waals surface area (Å²) in [4.78, 5) is 0. The van der Waals surface area contributed by atoms with E-state index in [1.807, 2.05) is 91.0 Å². The van der Waals surface area contributed by atoms with Crippen molar-refractivity contribution in [1.29, 1.82) is 0 Å². The minimum absolute atomic E-state index is 0.686. The van der Waals surface area contributed by atoms with Gasteiger partial charge in [0.15, 0.2) is 0 Å². The molecule has 0 aliphatic carbocycles. The molecule has 31 heavy (non-hydrogen) atoms. The smallest absolute Gasteiger partial charge is 0.409 e. The maximum absolute atomic E-state index is 6.07. The van der Waals surface area contributed by atoms with Crippen LogP contribution in [0.15, 0.2) is 111 Å². The minimum atomic E-state index is -1.70. The zero-order chi connectivity index (χ0) is 21.9. The molecule has 0 fully saturated rings. The second-order valence-corrected chi connectivity index (χ2v) is 7.90. The topological polar surface area (TPSA) is 27.7 Å². The Bertz CT molecular complexity index is 845. The maximum Gasteiger partial charge on any atom is 0.530 e. The molecule has 3 nitrogen and oxygen atoms in total. The van der Waals surface area contributed by atoms with Crippen molar-refractivity contribution in [2.45, 2.75) is 19.3 Å². The normalized spacial score (nSPS) is 10.4. The third-order valence-corrected chi connectivity index (χ3v) is 5.53. The first kappa shape index (κ1) is 22.4. The second kappa shape index (κ2) is 11.8. The highest BCUT2D eigenvalue weighted by atomic mass is 31.2. The predicted octanol–water partition coefficient (Wildman–Crippen LogP) is 7.64. The molecule has 0 aliphatic heterocycles. The Morgan fingerprint density at radius 1 is 0.484 bits per heavy atom. The molecule has 0 saturated carbocycles. The average Bonchev–Trinajstić information content (AvgIpc) is 2.78. The quantitative estimate of drug-likeness (QED) is 0.218. The Balaban J connectivity index is 1.75. The van der Waals surface area contributed by atoms with Gasteiger partial charge in [-0.2, -0.15) is 0 Å². The molecule has 0 atom stereocenters. The highest BCUT2D eigenvalue weighted by Crippen LogP contribution is 2.42. The number of hydrogen-bond acceptors (Lipinski definition) is 3. The van der Waals surface area contributed by atoms with Crippen LogP contribution in [0, 0.1) is 0 Å². The average molecular weight is 430 g/mol. The summed E-state index contributed by atoms with van der Waals surface area (Å²) in [6, 6.07) is 23.6. The van der Waals surface area contributed by atoms with Gasteiger partial charge >= 0.3 is 8.60 Å². The summed E-state index contributed by atoms with van der Waals surface area (Å²) in [5.74, 6) is 2.06. The Kier molecular flexibility index (Phi) is 8.51. The van der Waals surface area contributed by atoms with Crippen molar-refractivity contribution in [1.82, 2.24) is 0 Å². The number of rotatable bonds is 12. The molecule has 0 heterocycles.